The van der Waals surface area contributed by atoms with Gasteiger partial charge in [0.05, 0.1) is 26.5 Å². The van der Waals surface area contributed by atoms with Crippen LogP contribution in [0.2, 0.25) is 5.02 Å². The van der Waals surface area contributed by atoms with Gasteiger partial charge in [0.1, 0.15) is 17.2 Å². The number of esters is 1. The molecule has 162 valence electrons. The van der Waals surface area contributed by atoms with Crippen molar-refractivity contribution in [1.29, 1.82) is 0 Å². The summed E-state index contributed by atoms with van der Waals surface area (Å²) < 4.78 is 21.2. The van der Waals surface area contributed by atoms with Gasteiger partial charge >= 0.3 is 5.97 Å². The minimum absolute atomic E-state index is 0.132. The van der Waals surface area contributed by atoms with Gasteiger partial charge in [-0.2, -0.15) is 0 Å². The number of ether oxygens (including phenoxy) is 4. The van der Waals surface area contributed by atoms with Crippen LogP contribution in [0.5, 0.6) is 17.2 Å². The summed E-state index contributed by atoms with van der Waals surface area (Å²) in [5.74, 6) is 0.767. The number of rotatable bonds is 10. The smallest absolute Gasteiger partial charge is 0.306 e. The molecule has 0 saturated carbocycles. The third-order valence-corrected chi connectivity index (χ3v) is 4.69. The molecule has 30 heavy (non-hydrogen) atoms. The van der Waals surface area contributed by atoms with Crippen molar-refractivity contribution in [2.24, 2.45) is 0 Å². The number of halogens is 1. The van der Waals surface area contributed by atoms with Gasteiger partial charge in [0.25, 0.3) is 5.91 Å². The van der Waals surface area contributed by atoms with Crippen molar-refractivity contribution < 1.29 is 28.5 Å². The van der Waals surface area contributed by atoms with Crippen LogP contribution in [-0.4, -0.2) is 38.8 Å². The molecule has 0 saturated heterocycles. The normalized spacial score (nSPS) is 11.4. The van der Waals surface area contributed by atoms with Gasteiger partial charge in [-0.1, -0.05) is 11.6 Å². The molecule has 0 bridgehead atoms. The van der Waals surface area contributed by atoms with Crippen molar-refractivity contribution in [3.63, 3.8) is 0 Å². The summed E-state index contributed by atoms with van der Waals surface area (Å²) in [6.45, 7) is 3.74. The summed E-state index contributed by atoms with van der Waals surface area (Å²) in [6.07, 6.45) is -0.376. The van der Waals surface area contributed by atoms with E-state index in [1.165, 1.54) is 21.1 Å². The maximum atomic E-state index is 12.4. The molecule has 0 aliphatic rings. The number of amides is 1. The highest BCUT2D eigenvalue weighted by Crippen LogP contribution is 2.29. The summed E-state index contributed by atoms with van der Waals surface area (Å²) in [7, 11) is 3.02. The molecule has 2 aromatic carbocycles. The molecular formula is C22H26ClNO6. The first-order valence-corrected chi connectivity index (χ1v) is 9.83. The highest BCUT2D eigenvalue weighted by Gasteiger charge is 2.19. The molecule has 0 aliphatic carbocycles. The lowest BCUT2D eigenvalue weighted by molar-refractivity contribution is -0.153. The lowest BCUT2D eigenvalue weighted by Crippen LogP contribution is -2.30. The van der Waals surface area contributed by atoms with E-state index in [0.29, 0.717) is 41.0 Å². The lowest BCUT2D eigenvalue weighted by Gasteiger charge is -2.16. The van der Waals surface area contributed by atoms with Crippen LogP contribution >= 0.6 is 11.6 Å². The highest BCUT2D eigenvalue weighted by atomic mass is 35.5. The van der Waals surface area contributed by atoms with Crippen molar-refractivity contribution in [3.05, 3.63) is 47.0 Å². The Morgan fingerprint density at radius 1 is 1.07 bits per heavy atom. The Labute approximate surface area is 181 Å². The van der Waals surface area contributed by atoms with Crippen molar-refractivity contribution in [2.75, 3.05) is 26.1 Å². The number of hydrogen-bond acceptors (Lipinski definition) is 6. The molecule has 0 spiro atoms. The van der Waals surface area contributed by atoms with Gasteiger partial charge < -0.3 is 24.3 Å². The van der Waals surface area contributed by atoms with Crippen molar-refractivity contribution in [3.8, 4) is 17.2 Å². The van der Waals surface area contributed by atoms with E-state index in [1.807, 2.05) is 13.0 Å². The van der Waals surface area contributed by atoms with Gasteiger partial charge in [0, 0.05) is 17.5 Å². The molecule has 2 rings (SSSR count). The minimum Gasteiger partial charge on any atom is -0.497 e. The number of carbonyl (C=O) groups is 2. The molecule has 0 fully saturated rings. The second-order valence-electron chi connectivity index (χ2n) is 6.55. The fraction of sp³-hybridized carbons (Fsp3) is 0.364. The first kappa shape index (κ1) is 23.3. The summed E-state index contributed by atoms with van der Waals surface area (Å²) in [6, 6.07) is 10.4. The molecule has 7 nitrogen and oxygen atoms in total. The molecule has 0 heterocycles. The minimum atomic E-state index is -0.965. The van der Waals surface area contributed by atoms with Crippen LogP contribution in [0.15, 0.2) is 36.4 Å². The van der Waals surface area contributed by atoms with Crippen molar-refractivity contribution in [1.82, 2.24) is 0 Å². The summed E-state index contributed by atoms with van der Waals surface area (Å²) in [4.78, 5) is 24.4. The molecule has 1 atom stereocenters. The second kappa shape index (κ2) is 11.3. The highest BCUT2D eigenvalue weighted by molar-refractivity contribution is 6.31. The number of anilines is 1. The topological polar surface area (TPSA) is 83.1 Å². The van der Waals surface area contributed by atoms with E-state index in [2.05, 4.69) is 5.32 Å². The van der Waals surface area contributed by atoms with E-state index in [1.54, 1.807) is 30.3 Å². The maximum absolute atomic E-state index is 12.4. The number of hydrogen-bond donors (Lipinski definition) is 1. The third kappa shape index (κ3) is 6.84. The van der Waals surface area contributed by atoms with Crippen LogP contribution in [0.1, 0.15) is 25.3 Å². The Morgan fingerprint density at radius 2 is 1.80 bits per heavy atom. The van der Waals surface area contributed by atoms with Crippen molar-refractivity contribution in [2.45, 2.75) is 32.8 Å². The van der Waals surface area contributed by atoms with Crippen LogP contribution in [0.3, 0.4) is 0 Å². The monoisotopic (exact) mass is 435 g/mol. The maximum Gasteiger partial charge on any atom is 0.306 e. The van der Waals surface area contributed by atoms with Gasteiger partial charge in [0.15, 0.2) is 6.10 Å². The molecule has 1 amide bonds. The van der Waals surface area contributed by atoms with Crippen LogP contribution in [0.4, 0.5) is 5.69 Å². The van der Waals surface area contributed by atoms with E-state index in [4.69, 9.17) is 30.5 Å². The molecule has 1 unspecified atom stereocenters. The van der Waals surface area contributed by atoms with E-state index in [-0.39, 0.29) is 6.42 Å². The van der Waals surface area contributed by atoms with Gasteiger partial charge in [-0.25, -0.2) is 0 Å². The quantitative estimate of drug-likeness (QED) is 0.440. The Balaban J connectivity index is 1.78. The zero-order chi connectivity index (χ0) is 22.1. The van der Waals surface area contributed by atoms with Crippen LogP contribution in [0.25, 0.3) is 0 Å². The lowest BCUT2D eigenvalue weighted by atomic mass is 10.2. The average molecular weight is 436 g/mol. The molecule has 1 N–H and O–H groups in total. The standard InChI is InChI=1S/C22H26ClNO6/c1-14-12-17(7-9-18(14)23)29-11-5-6-21(25)30-15(2)22(26)24-19-13-16(27-3)8-10-20(19)28-4/h7-10,12-13,15H,5-6,11H2,1-4H3,(H,24,26). The van der Waals surface area contributed by atoms with Gasteiger partial charge in [-0.3, -0.25) is 9.59 Å². The average Bonchev–Trinajstić information content (AvgIpc) is 2.73. The van der Waals surface area contributed by atoms with Crippen LogP contribution in [0, 0.1) is 6.92 Å². The fourth-order valence-corrected chi connectivity index (χ4v) is 2.69. The van der Waals surface area contributed by atoms with Gasteiger partial charge in [-0.05, 0) is 56.2 Å². The number of carbonyl (C=O) groups excluding carboxylic acids is 2. The summed E-state index contributed by atoms with van der Waals surface area (Å²) in [5.41, 5.74) is 1.34. The van der Waals surface area contributed by atoms with Crippen molar-refractivity contribution >= 4 is 29.2 Å². The number of nitrogens with one attached hydrogen (secondary N) is 1. The molecule has 0 aliphatic heterocycles. The number of aryl methyl sites for hydroxylation is 1. The molecule has 8 heteroatoms. The van der Waals surface area contributed by atoms with E-state index in [9.17, 15) is 9.59 Å². The summed E-state index contributed by atoms with van der Waals surface area (Å²) in [5, 5.41) is 3.35. The van der Waals surface area contributed by atoms with Gasteiger partial charge in [0.2, 0.25) is 0 Å². The molecule has 0 radical (unpaired) electrons. The fourth-order valence-electron chi connectivity index (χ4n) is 2.57. The Kier molecular flexibility index (Phi) is 8.80. The van der Waals surface area contributed by atoms with Gasteiger partial charge in [-0.15, -0.1) is 0 Å². The van der Waals surface area contributed by atoms with Crippen LogP contribution < -0.4 is 19.5 Å². The van der Waals surface area contributed by atoms with E-state index < -0.39 is 18.0 Å². The molecule has 0 aromatic heterocycles. The zero-order valence-electron chi connectivity index (χ0n) is 17.5. The largest absolute Gasteiger partial charge is 0.497 e. The number of benzene rings is 2. The third-order valence-electron chi connectivity index (χ3n) is 4.27. The molecule has 2 aromatic rings. The van der Waals surface area contributed by atoms with E-state index in [0.717, 1.165) is 5.56 Å². The predicted octanol–water partition coefficient (Wildman–Crippen LogP) is 4.40. The number of methoxy groups -OCH3 is 2. The second-order valence-corrected chi connectivity index (χ2v) is 6.96. The van der Waals surface area contributed by atoms with E-state index >= 15 is 0 Å². The predicted molar refractivity (Wildman–Crippen MR) is 115 cm³/mol. The zero-order valence-corrected chi connectivity index (χ0v) is 18.2. The first-order chi connectivity index (χ1) is 14.3. The molecular weight excluding hydrogens is 410 g/mol. The Bertz CT molecular complexity index is 886. The SMILES string of the molecule is COc1ccc(OC)c(NC(=O)C(C)OC(=O)CCCOc2ccc(Cl)c(C)c2)c1. The Hall–Kier alpha value is -2.93. The summed E-state index contributed by atoms with van der Waals surface area (Å²) >= 11 is 5.98. The Morgan fingerprint density at radius 3 is 2.47 bits per heavy atom. The van der Waals surface area contributed by atoms with Crippen LogP contribution in [-0.2, 0) is 14.3 Å². The first-order valence-electron chi connectivity index (χ1n) is 9.45.